The zero-order chi connectivity index (χ0) is 24.1. The number of hydrogen-bond donors (Lipinski definition) is 3. The minimum absolute atomic E-state index is 0.0551. The van der Waals surface area contributed by atoms with E-state index in [9.17, 15) is 24.2 Å². The van der Waals surface area contributed by atoms with Gasteiger partial charge in [-0.15, -0.1) is 0 Å². The number of carbonyl (C=O) groups is 2. The number of amides is 1. The standard InChI is InChI=1S/C22H42NO8P/c1-3-4-5-6-7-8-9-10-11-12-13-14-15-22(26)29-18-21(25)19-31-32(27,28)30-17-16-23-20(2)24/h7-8,21,25H,3-6,9-19H2,1-2H3,(H,23,24)(H,27,28)/b8-7-. The number of phosphoric ester groups is 1. The Labute approximate surface area is 192 Å². The summed E-state index contributed by atoms with van der Waals surface area (Å²) < 4.78 is 25.8. The molecule has 0 aromatic rings. The lowest BCUT2D eigenvalue weighted by atomic mass is 10.1. The Morgan fingerprint density at radius 3 is 2.25 bits per heavy atom. The molecule has 0 bridgehead atoms. The minimum atomic E-state index is -4.35. The average molecular weight is 480 g/mol. The molecule has 3 N–H and O–H groups in total. The number of unbranched alkanes of at least 4 members (excludes halogenated alkanes) is 8. The van der Waals surface area contributed by atoms with Gasteiger partial charge in [0.1, 0.15) is 12.7 Å². The predicted molar refractivity (Wildman–Crippen MR) is 123 cm³/mol. The second kappa shape index (κ2) is 20.4. The molecule has 0 heterocycles. The van der Waals surface area contributed by atoms with E-state index >= 15 is 0 Å². The molecule has 188 valence electrons. The smallest absolute Gasteiger partial charge is 0.463 e. The van der Waals surface area contributed by atoms with E-state index in [2.05, 4.69) is 33.4 Å². The van der Waals surface area contributed by atoms with Crippen LogP contribution in [0.1, 0.15) is 84.5 Å². The van der Waals surface area contributed by atoms with Crippen molar-refractivity contribution in [3.63, 3.8) is 0 Å². The molecule has 0 rings (SSSR count). The molecule has 9 nitrogen and oxygen atoms in total. The Morgan fingerprint density at radius 2 is 1.59 bits per heavy atom. The summed E-state index contributed by atoms with van der Waals surface area (Å²) >= 11 is 0. The van der Waals surface area contributed by atoms with Crippen LogP contribution in [-0.4, -0.2) is 54.3 Å². The van der Waals surface area contributed by atoms with E-state index in [0.717, 1.165) is 38.5 Å². The molecule has 0 aromatic heterocycles. The molecule has 32 heavy (non-hydrogen) atoms. The Balaban J connectivity index is 3.62. The van der Waals surface area contributed by atoms with Crippen LogP contribution in [0.3, 0.4) is 0 Å². The Hall–Kier alpha value is -1.25. The van der Waals surface area contributed by atoms with Gasteiger partial charge in [-0.3, -0.25) is 18.6 Å². The molecule has 0 fully saturated rings. The van der Waals surface area contributed by atoms with Crippen LogP contribution in [0.4, 0.5) is 0 Å². The second-order valence-electron chi connectivity index (χ2n) is 7.69. The molecule has 0 spiro atoms. The molecule has 0 radical (unpaired) electrons. The van der Waals surface area contributed by atoms with Crippen LogP contribution < -0.4 is 5.32 Å². The molecular formula is C22H42NO8P. The first-order valence-electron chi connectivity index (χ1n) is 11.6. The topological polar surface area (TPSA) is 131 Å². The monoisotopic (exact) mass is 479 g/mol. The molecule has 10 heteroatoms. The van der Waals surface area contributed by atoms with Gasteiger partial charge in [-0.25, -0.2) is 4.57 Å². The quantitative estimate of drug-likeness (QED) is 0.0973. The van der Waals surface area contributed by atoms with E-state index in [1.54, 1.807) is 0 Å². The summed E-state index contributed by atoms with van der Waals surface area (Å²) in [7, 11) is -4.35. The van der Waals surface area contributed by atoms with Crippen LogP contribution in [0, 0.1) is 0 Å². The fourth-order valence-electron chi connectivity index (χ4n) is 2.72. The van der Waals surface area contributed by atoms with Gasteiger partial charge in [0.05, 0.1) is 13.2 Å². The van der Waals surface area contributed by atoms with Gasteiger partial charge >= 0.3 is 13.8 Å². The number of hydrogen-bond acceptors (Lipinski definition) is 7. The number of ether oxygens (including phenoxy) is 1. The molecular weight excluding hydrogens is 437 g/mol. The van der Waals surface area contributed by atoms with Gasteiger partial charge in [-0.1, -0.05) is 51.2 Å². The van der Waals surface area contributed by atoms with E-state index in [0.29, 0.717) is 0 Å². The molecule has 2 unspecified atom stereocenters. The maximum atomic E-state index is 11.7. The fraction of sp³-hybridized carbons (Fsp3) is 0.818. The lowest BCUT2D eigenvalue weighted by Gasteiger charge is -2.15. The highest BCUT2D eigenvalue weighted by atomic mass is 31.2. The lowest BCUT2D eigenvalue weighted by molar-refractivity contribution is -0.147. The largest absolute Gasteiger partial charge is 0.472 e. The van der Waals surface area contributed by atoms with E-state index in [4.69, 9.17) is 4.74 Å². The van der Waals surface area contributed by atoms with Gasteiger partial charge in [-0.05, 0) is 32.1 Å². The number of esters is 1. The third kappa shape index (κ3) is 22.0. The zero-order valence-corrected chi connectivity index (χ0v) is 20.5. The number of nitrogens with one attached hydrogen (secondary N) is 1. The van der Waals surface area contributed by atoms with Gasteiger partial charge in [0.2, 0.25) is 5.91 Å². The maximum absolute atomic E-state index is 11.7. The number of carbonyl (C=O) groups excluding carboxylic acids is 2. The van der Waals surface area contributed by atoms with Gasteiger partial charge in [0.25, 0.3) is 0 Å². The van der Waals surface area contributed by atoms with Crippen molar-refractivity contribution < 1.29 is 37.9 Å². The molecule has 0 aliphatic rings. The van der Waals surface area contributed by atoms with Crippen LogP contribution in [0.25, 0.3) is 0 Å². The summed E-state index contributed by atoms with van der Waals surface area (Å²) in [6.45, 7) is 2.51. The van der Waals surface area contributed by atoms with Crippen molar-refractivity contribution in [2.75, 3.05) is 26.4 Å². The van der Waals surface area contributed by atoms with Crippen LogP contribution in [0.5, 0.6) is 0 Å². The van der Waals surface area contributed by atoms with E-state index in [-0.39, 0.29) is 32.1 Å². The van der Waals surface area contributed by atoms with Crippen molar-refractivity contribution >= 4 is 19.7 Å². The molecule has 0 aliphatic carbocycles. The molecule has 2 atom stereocenters. The van der Waals surface area contributed by atoms with Gasteiger partial charge in [0.15, 0.2) is 0 Å². The summed E-state index contributed by atoms with van der Waals surface area (Å²) in [5, 5.41) is 12.1. The Bertz CT molecular complexity index is 570. The predicted octanol–water partition coefficient (Wildman–Crippen LogP) is 4.03. The normalized spacial score (nSPS) is 14.2. The zero-order valence-electron chi connectivity index (χ0n) is 19.6. The SMILES string of the molecule is CCCCC/C=C\CCCCCCCC(=O)OCC(O)COP(=O)(O)OCCNC(C)=O. The molecule has 0 aliphatic heterocycles. The van der Waals surface area contributed by atoms with Crippen molar-refractivity contribution in [2.24, 2.45) is 0 Å². The average Bonchev–Trinajstić information content (AvgIpc) is 2.74. The van der Waals surface area contributed by atoms with E-state index in [1.165, 1.54) is 32.6 Å². The lowest BCUT2D eigenvalue weighted by Crippen LogP contribution is -2.25. The van der Waals surface area contributed by atoms with Crippen LogP contribution in [-0.2, 0) is 27.9 Å². The summed E-state index contributed by atoms with van der Waals surface area (Å²) in [6, 6.07) is 0. The van der Waals surface area contributed by atoms with E-state index in [1.807, 2.05) is 0 Å². The van der Waals surface area contributed by atoms with Crippen LogP contribution in [0.2, 0.25) is 0 Å². The van der Waals surface area contributed by atoms with Gasteiger partial charge in [0, 0.05) is 19.9 Å². The van der Waals surface area contributed by atoms with E-state index < -0.39 is 26.5 Å². The summed E-state index contributed by atoms with van der Waals surface area (Å²) in [6.07, 6.45) is 14.7. The maximum Gasteiger partial charge on any atom is 0.472 e. The number of aliphatic hydroxyl groups is 1. The minimum Gasteiger partial charge on any atom is -0.463 e. The first kappa shape index (κ1) is 30.8. The molecule has 0 aromatic carbocycles. The van der Waals surface area contributed by atoms with Crippen LogP contribution in [0.15, 0.2) is 12.2 Å². The third-order valence-corrected chi connectivity index (χ3v) is 5.47. The summed E-state index contributed by atoms with van der Waals surface area (Å²) in [4.78, 5) is 31.9. The Morgan fingerprint density at radius 1 is 0.969 bits per heavy atom. The molecule has 0 saturated carbocycles. The summed E-state index contributed by atoms with van der Waals surface area (Å²) in [5.41, 5.74) is 0. The highest BCUT2D eigenvalue weighted by Crippen LogP contribution is 2.42. The third-order valence-electron chi connectivity index (χ3n) is 4.49. The van der Waals surface area contributed by atoms with Crippen molar-refractivity contribution in [3.05, 3.63) is 12.2 Å². The first-order valence-corrected chi connectivity index (χ1v) is 13.1. The van der Waals surface area contributed by atoms with Crippen molar-refractivity contribution in [3.8, 4) is 0 Å². The number of phosphoric acid groups is 1. The number of rotatable bonds is 21. The van der Waals surface area contributed by atoms with Crippen molar-refractivity contribution in [1.82, 2.24) is 5.32 Å². The van der Waals surface area contributed by atoms with Crippen LogP contribution >= 0.6 is 7.82 Å². The van der Waals surface area contributed by atoms with Crippen molar-refractivity contribution in [2.45, 2.75) is 90.6 Å². The first-order chi connectivity index (χ1) is 15.3. The highest BCUT2D eigenvalue weighted by Gasteiger charge is 2.23. The Kier molecular flexibility index (Phi) is 19.6. The molecule has 0 saturated heterocycles. The van der Waals surface area contributed by atoms with Gasteiger partial charge in [-0.2, -0.15) is 0 Å². The second-order valence-corrected chi connectivity index (χ2v) is 9.14. The summed E-state index contributed by atoms with van der Waals surface area (Å²) in [5.74, 6) is -0.710. The van der Waals surface area contributed by atoms with Crippen molar-refractivity contribution in [1.29, 1.82) is 0 Å². The fourth-order valence-corrected chi connectivity index (χ4v) is 3.48. The highest BCUT2D eigenvalue weighted by molar-refractivity contribution is 7.47. The van der Waals surface area contributed by atoms with Gasteiger partial charge < -0.3 is 20.1 Å². The number of aliphatic hydroxyl groups excluding tert-OH is 1. The molecule has 1 amide bonds. The number of allylic oxidation sites excluding steroid dienone is 2.